The minimum atomic E-state index is 0.316. The van der Waals surface area contributed by atoms with Gasteiger partial charge in [-0.1, -0.05) is 18.2 Å². The molecule has 0 amide bonds. The maximum atomic E-state index is 9.51. The van der Waals surface area contributed by atoms with E-state index in [2.05, 4.69) is 34.9 Å². The Morgan fingerprint density at radius 2 is 1.83 bits per heavy atom. The van der Waals surface area contributed by atoms with Crippen molar-refractivity contribution in [2.75, 3.05) is 39.4 Å². The number of para-hydroxylation sites is 1. The molecule has 1 aromatic rings. The molecule has 134 valence electrons. The molecule has 0 aromatic heterocycles. The van der Waals surface area contributed by atoms with Crippen molar-refractivity contribution >= 4 is 0 Å². The molecular weight excluding hydrogens is 300 g/mol. The number of nitrogens with zero attached hydrogens (tertiary/aromatic N) is 2. The van der Waals surface area contributed by atoms with Gasteiger partial charge < -0.3 is 9.84 Å². The summed E-state index contributed by atoms with van der Waals surface area (Å²) in [4.78, 5) is 5.14. The molecule has 2 heterocycles. The van der Waals surface area contributed by atoms with Crippen LogP contribution >= 0.6 is 0 Å². The van der Waals surface area contributed by atoms with Gasteiger partial charge in [0.05, 0.1) is 13.2 Å². The average Bonchev–Trinajstić information content (AvgIpc) is 3.23. The van der Waals surface area contributed by atoms with Crippen LogP contribution < -0.4 is 4.74 Å². The number of benzene rings is 1. The van der Waals surface area contributed by atoms with Crippen LogP contribution in [0.3, 0.4) is 0 Å². The van der Waals surface area contributed by atoms with E-state index in [-0.39, 0.29) is 0 Å². The lowest BCUT2D eigenvalue weighted by Crippen LogP contribution is -2.43. The van der Waals surface area contributed by atoms with Crippen LogP contribution in [0.25, 0.3) is 0 Å². The summed E-state index contributed by atoms with van der Waals surface area (Å²) >= 11 is 0. The summed E-state index contributed by atoms with van der Waals surface area (Å²) in [6.07, 6.45) is 6.08. The fourth-order valence-corrected chi connectivity index (χ4v) is 4.18. The van der Waals surface area contributed by atoms with Gasteiger partial charge in [-0.2, -0.15) is 0 Å². The van der Waals surface area contributed by atoms with Crippen LogP contribution in [-0.2, 0) is 0 Å². The Balaban J connectivity index is 1.40. The Labute approximate surface area is 146 Å². The monoisotopic (exact) mass is 332 g/mol. The number of aliphatic hydroxyl groups is 1. The van der Waals surface area contributed by atoms with E-state index in [0.717, 1.165) is 44.8 Å². The van der Waals surface area contributed by atoms with Crippen LogP contribution in [0, 0.1) is 6.92 Å². The highest BCUT2D eigenvalue weighted by molar-refractivity contribution is 5.31. The standard InChI is InChI=1S/C20H32N2O2/c1-17-7-2-3-10-20(17)24-14-6-13-21-11-4-8-18(21)15-22-12-5-9-19(22)16-23/h2-3,7,10,18-19,23H,4-6,8-9,11-16H2,1H3/t18-,19-/m0/s1. The summed E-state index contributed by atoms with van der Waals surface area (Å²) in [7, 11) is 0. The van der Waals surface area contributed by atoms with Gasteiger partial charge in [-0.25, -0.2) is 0 Å². The number of hydrogen-bond acceptors (Lipinski definition) is 4. The third kappa shape index (κ3) is 4.50. The number of ether oxygens (including phenoxy) is 1. The van der Waals surface area contributed by atoms with Gasteiger partial charge in [0, 0.05) is 25.2 Å². The molecule has 0 aliphatic carbocycles. The van der Waals surface area contributed by atoms with Gasteiger partial charge in [0.2, 0.25) is 0 Å². The molecule has 1 aromatic carbocycles. The zero-order valence-electron chi connectivity index (χ0n) is 15.0. The van der Waals surface area contributed by atoms with E-state index < -0.39 is 0 Å². The van der Waals surface area contributed by atoms with Crippen molar-refractivity contribution in [2.24, 2.45) is 0 Å². The van der Waals surface area contributed by atoms with Gasteiger partial charge >= 0.3 is 0 Å². The lowest BCUT2D eigenvalue weighted by Gasteiger charge is -2.31. The van der Waals surface area contributed by atoms with E-state index in [1.165, 1.54) is 31.4 Å². The summed E-state index contributed by atoms with van der Waals surface area (Å²) in [6, 6.07) is 9.30. The van der Waals surface area contributed by atoms with Crippen LogP contribution in [-0.4, -0.2) is 66.4 Å². The number of hydrogen-bond donors (Lipinski definition) is 1. The fourth-order valence-electron chi connectivity index (χ4n) is 4.18. The first-order valence-corrected chi connectivity index (χ1v) is 9.55. The second-order valence-corrected chi connectivity index (χ2v) is 7.27. The van der Waals surface area contributed by atoms with Gasteiger partial charge in [-0.15, -0.1) is 0 Å². The molecule has 0 unspecified atom stereocenters. The van der Waals surface area contributed by atoms with Crippen molar-refractivity contribution in [1.29, 1.82) is 0 Å². The zero-order valence-corrected chi connectivity index (χ0v) is 15.0. The van der Waals surface area contributed by atoms with Crippen molar-refractivity contribution in [3.05, 3.63) is 29.8 Å². The highest BCUT2D eigenvalue weighted by atomic mass is 16.5. The molecule has 2 atom stereocenters. The first kappa shape index (κ1) is 17.7. The maximum Gasteiger partial charge on any atom is 0.122 e. The highest BCUT2D eigenvalue weighted by Crippen LogP contribution is 2.23. The van der Waals surface area contributed by atoms with Crippen LogP contribution in [0.15, 0.2) is 24.3 Å². The Morgan fingerprint density at radius 1 is 1.08 bits per heavy atom. The van der Waals surface area contributed by atoms with E-state index in [1.54, 1.807) is 0 Å². The summed E-state index contributed by atoms with van der Waals surface area (Å²) in [5, 5.41) is 9.51. The van der Waals surface area contributed by atoms with E-state index in [9.17, 15) is 5.11 Å². The predicted octanol–water partition coefficient (Wildman–Crippen LogP) is 2.69. The average molecular weight is 332 g/mol. The molecule has 0 bridgehead atoms. The lowest BCUT2D eigenvalue weighted by molar-refractivity contribution is 0.120. The van der Waals surface area contributed by atoms with E-state index in [0.29, 0.717) is 18.7 Å². The minimum absolute atomic E-state index is 0.316. The molecule has 3 rings (SSSR count). The summed E-state index contributed by atoms with van der Waals surface area (Å²) in [6.45, 7) is 7.82. The van der Waals surface area contributed by atoms with Crippen LogP contribution in [0.2, 0.25) is 0 Å². The molecule has 1 N–H and O–H groups in total. The number of rotatable bonds is 8. The molecular formula is C20H32N2O2. The normalized spacial score (nSPS) is 25.4. The predicted molar refractivity (Wildman–Crippen MR) is 97.6 cm³/mol. The second kappa shape index (κ2) is 8.84. The Morgan fingerprint density at radius 3 is 2.62 bits per heavy atom. The van der Waals surface area contributed by atoms with Crippen LogP contribution in [0.1, 0.15) is 37.7 Å². The van der Waals surface area contributed by atoms with Gasteiger partial charge in [-0.3, -0.25) is 9.80 Å². The van der Waals surface area contributed by atoms with Gasteiger partial charge in [0.25, 0.3) is 0 Å². The van der Waals surface area contributed by atoms with Crippen molar-refractivity contribution in [1.82, 2.24) is 9.80 Å². The number of aliphatic hydroxyl groups excluding tert-OH is 1. The second-order valence-electron chi connectivity index (χ2n) is 7.27. The largest absolute Gasteiger partial charge is 0.493 e. The molecule has 2 aliphatic heterocycles. The SMILES string of the molecule is Cc1ccccc1OCCCN1CCC[C@H]1CN1CCC[C@H]1CO. The Bertz CT molecular complexity index is 508. The molecule has 2 saturated heterocycles. The van der Waals surface area contributed by atoms with E-state index >= 15 is 0 Å². The summed E-state index contributed by atoms with van der Waals surface area (Å²) in [5.74, 6) is 1.01. The Kier molecular flexibility index (Phi) is 6.52. The van der Waals surface area contributed by atoms with E-state index in [1.807, 2.05) is 6.07 Å². The third-order valence-corrected chi connectivity index (χ3v) is 5.59. The third-order valence-electron chi connectivity index (χ3n) is 5.59. The fraction of sp³-hybridized carbons (Fsp3) is 0.700. The topological polar surface area (TPSA) is 35.9 Å². The van der Waals surface area contributed by atoms with E-state index in [4.69, 9.17) is 4.74 Å². The van der Waals surface area contributed by atoms with Gasteiger partial charge in [-0.05, 0) is 63.7 Å². The number of aryl methyl sites for hydroxylation is 1. The summed E-state index contributed by atoms with van der Waals surface area (Å²) < 4.78 is 5.93. The number of likely N-dealkylation sites (tertiary alicyclic amines) is 2. The Hall–Kier alpha value is -1.10. The molecule has 0 radical (unpaired) electrons. The summed E-state index contributed by atoms with van der Waals surface area (Å²) in [5.41, 5.74) is 1.21. The molecule has 0 spiro atoms. The molecule has 2 fully saturated rings. The molecule has 0 saturated carbocycles. The van der Waals surface area contributed by atoms with Crippen LogP contribution in [0.4, 0.5) is 0 Å². The first-order valence-electron chi connectivity index (χ1n) is 9.55. The molecule has 4 heteroatoms. The van der Waals surface area contributed by atoms with Crippen molar-refractivity contribution in [3.63, 3.8) is 0 Å². The van der Waals surface area contributed by atoms with Crippen molar-refractivity contribution < 1.29 is 9.84 Å². The minimum Gasteiger partial charge on any atom is -0.493 e. The molecule has 2 aliphatic rings. The van der Waals surface area contributed by atoms with Gasteiger partial charge in [0.15, 0.2) is 0 Å². The molecule has 4 nitrogen and oxygen atoms in total. The van der Waals surface area contributed by atoms with Crippen LogP contribution in [0.5, 0.6) is 5.75 Å². The quantitative estimate of drug-likeness (QED) is 0.743. The van der Waals surface area contributed by atoms with Gasteiger partial charge in [0.1, 0.15) is 5.75 Å². The lowest BCUT2D eigenvalue weighted by atomic mass is 10.2. The molecule has 24 heavy (non-hydrogen) atoms. The first-order chi connectivity index (χ1) is 11.8. The van der Waals surface area contributed by atoms with Crippen molar-refractivity contribution in [3.8, 4) is 5.75 Å². The smallest absolute Gasteiger partial charge is 0.122 e. The highest BCUT2D eigenvalue weighted by Gasteiger charge is 2.30. The maximum absolute atomic E-state index is 9.51. The van der Waals surface area contributed by atoms with Crippen molar-refractivity contribution in [2.45, 2.75) is 51.1 Å². The zero-order chi connectivity index (χ0) is 16.8.